The fourth-order valence-electron chi connectivity index (χ4n) is 2.43. The second kappa shape index (κ2) is 8.18. The zero-order valence-corrected chi connectivity index (χ0v) is 15.1. The Morgan fingerprint density at radius 3 is 2.52 bits per heavy atom. The Bertz CT molecular complexity index is 875. The summed E-state index contributed by atoms with van der Waals surface area (Å²) in [5.41, 5.74) is 6.48. The second-order valence-electron chi connectivity index (χ2n) is 6.25. The highest BCUT2D eigenvalue weighted by atomic mass is 35.5. The third-order valence-corrected chi connectivity index (χ3v) is 4.40. The molecule has 0 heterocycles. The molecule has 140 valence electrons. The quantitative estimate of drug-likeness (QED) is 0.539. The molecule has 0 spiro atoms. The van der Waals surface area contributed by atoms with E-state index in [1.807, 2.05) is 0 Å². The van der Waals surface area contributed by atoms with Crippen molar-refractivity contribution in [2.24, 2.45) is 16.6 Å². The van der Waals surface area contributed by atoms with Crippen molar-refractivity contribution < 1.29 is 14.0 Å². The number of nitrogens with zero attached hydrogens (tertiary/aromatic N) is 1. The van der Waals surface area contributed by atoms with Crippen molar-refractivity contribution in [2.75, 3.05) is 11.9 Å². The van der Waals surface area contributed by atoms with E-state index in [1.165, 1.54) is 18.2 Å². The first kappa shape index (κ1) is 18.8. The molecule has 1 fully saturated rings. The lowest BCUT2D eigenvalue weighted by atomic mass is 10.2. The van der Waals surface area contributed by atoms with Crippen LogP contribution < -0.4 is 16.4 Å². The van der Waals surface area contributed by atoms with Crippen LogP contribution >= 0.6 is 11.6 Å². The van der Waals surface area contributed by atoms with Crippen LogP contribution in [-0.4, -0.2) is 24.3 Å². The lowest BCUT2D eigenvalue weighted by Crippen LogP contribution is -2.25. The normalized spacial score (nSPS) is 13.9. The van der Waals surface area contributed by atoms with Crippen molar-refractivity contribution in [3.8, 4) is 0 Å². The maximum Gasteiger partial charge on any atom is 0.347 e. The van der Waals surface area contributed by atoms with Crippen LogP contribution in [-0.2, 0) is 0 Å². The van der Waals surface area contributed by atoms with Gasteiger partial charge in [0.05, 0.1) is 10.6 Å². The highest BCUT2D eigenvalue weighted by molar-refractivity contribution is 6.34. The predicted octanol–water partition coefficient (Wildman–Crippen LogP) is 3.56. The van der Waals surface area contributed by atoms with E-state index in [4.69, 9.17) is 17.3 Å². The maximum atomic E-state index is 13.8. The van der Waals surface area contributed by atoms with E-state index < -0.39 is 11.8 Å². The number of aliphatic imine (C=N–C) groups is 1. The third kappa shape index (κ3) is 5.04. The van der Waals surface area contributed by atoms with Crippen LogP contribution in [0.2, 0.25) is 5.02 Å². The Balaban J connectivity index is 1.62. The molecule has 0 radical (unpaired) electrons. The molecule has 1 saturated carbocycles. The zero-order valence-electron chi connectivity index (χ0n) is 14.3. The van der Waals surface area contributed by atoms with Gasteiger partial charge >= 0.3 is 6.03 Å². The first-order valence-corrected chi connectivity index (χ1v) is 8.79. The summed E-state index contributed by atoms with van der Waals surface area (Å²) >= 11 is 5.89. The number of benzene rings is 2. The number of hydrogen-bond donors (Lipinski definition) is 3. The van der Waals surface area contributed by atoms with E-state index in [0.717, 1.165) is 12.8 Å². The van der Waals surface area contributed by atoms with Crippen LogP contribution in [0.15, 0.2) is 47.5 Å². The summed E-state index contributed by atoms with van der Waals surface area (Å²) in [6.45, 7) is 0.684. The van der Waals surface area contributed by atoms with Gasteiger partial charge in [0.15, 0.2) is 0 Å². The van der Waals surface area contributed by atoms with Crippen LogP contribution in [0.25, 0.3) is 0 Å². The predicted molar refractivity (Wildman–Crippen MR) is 103 cm³/mol. The summed E-state index contributed by atoms with van der Waals surface area (Å²) in [6.07, 6.45) is 2.32. The molecule has 1 aliphatic rings. The molecule has 0 saturated heterocycles. The number of nitrogens with one attached hydrogen (secondary N) is 2. The molecule has 1 aliphatic carbocycles. The van der Waals surface area contributed by atoms with E-state index in [-0.39, 0.29) is 22.3 Å². The summed E-state index contributed by atoms with van der Waals surface area (Å²) in [4.78, 5) is 27.6. The van der Waals surface area contributed by atoms with Gasteiger partial charge in [-0.25, -0.2) is 9.18 Å². The lowest BCUT2D eigenvalue weighted by molar-refractivity contribution is 0.0952. The van der Waals surface area contributed by atoms with Crippen molar-refractivity contribution in [3.63, 3.8) is 0 Å². The number of urea groups is 1. The minimum atomic E-state index is -0.780. The monoisotopic (exact) mass is 388 g/mol. The molecule has 27 heavy (non-hydrogen) atoms. The fraction of sp³-hybridized carbons (Fsp3) is 0.211. The van der Waals surface area contributed by atoms with E-state index in [9.17, 15) is 14.0 Å². The van der Waals surface area contributed by atoms with Crippen molar-refractivity contribution in [1.82, 2.24) is 5.32 Å². The summed E-state index contributed by atoms with van der Waals surface area (Å²) in [7, 11) is 0. The molecule has 0 aliphatic heterocycles. The first-order valence-electron chi connectivity index (χ1n) is 8.42. The van der Waals surface area contributed by atoms with Gasteiger partial charge in [0.2, 0.25) is 0 Å². The lowest BCUT2D eigenvalue weighted by Gasteiger charge is -2.07. The Kier molecular flexibility index (Phi) is 5.71. The molecule has 8 heteroatoms. The Morgan fingerprint density at radius 1 is 1.19 bits per heavy atom. The summed E-state index contributed by atoms with van der Waals surface area (Å²) in [6, 6.07) is 9.62. The van der Waals surface area contributed by atoms with Gasteiger partial charge in [-0.15, -0.1) is 0 Å². The number of nitrogens with two attached hydrogens (primary N) is 1. The molecular formula is C19H18ClFN4O2. The number of halogens is 2. The van der Waals surface area contributed by atoms with Gasteiger partial charge in [-0.05, 0) is 55.2 Å². The van der Waals surface area contributed by atoms with Crippen LogP contribution in [0, 0.1) is 11.7 Å². The summed E-state index contributed by atoms with van der Waals surface area (Å²) < 4.78 is 13.8. The Hall–Kier alpha value is -2.93. The van der Waals surface area contributed by atoms with Crippen LogP contribution in [0.5, 0.6) is 0 Å². The smallest absolute Gasteiger partial charge is 0.347 e. The Labute approximate surface area is 160 Å². The Morgan fingerprint density at radius 2 is 1.89 bits per heavy atom. The number of rotatable bonds is 5. The van der Waals surface area contributed by atoms with Gasteiger partial charge in [0, 0.05) is 17.8 Å². The minimum absolute atomic E-state index is 0.0608. The fourth-order valence-corrected chi connectivity index (χ4v) is 2.69. The number of amidine groups is 1. The average molecular weight is 389 g/mol. The van der Waals surface area contributed by atoms with Gasteiger partial charge < -0.3 is 16.4 Å². The number of hydrogen-bond acceptors (Lipinski definition) is 2. The van der Waals surface area contributed by atoms with Crippen molar-refractivity contribution in [3.05, 3.63) is 64.4 Å². The van der Waals surface area contributed by atoms with Crippen molar-refractivity contribution in [1.29, 1.82) is 0 Å². The van der Waals surface area contributed by atoms with E-state index in [0.29, 0.717) is 23.7 Å². The molecular weight excluding hydrogens is 371 g/mol. The van der Waals surface area contributed by atoms with Crippen LogP contribution in [0.1, 0.15) is 28.8 Å². The number of amides is 3. The summed E-state index contributed by atoms with van der Waals surface area (Å²) in [5.74, 6) is -0.556. The van der Waals surface area contributed by atoms with Gasteiger partial charge in [-0.2, -0.15) is 4.99 Å². The first-order chi connectivity index (χ1) is 12.9. The van der Waals surface area contributed by atoms with Gasteiger partial charge in [-0.3, -0.25) is 4.79 Å². The van der Waals surface area contributed by atoms with Gasteiger partial charge in [-0.1, -0.05) is 17.7 Å². The number of carbonyl (C=O) groups excluding carboxylic acids is 2. The largest absolute Gasteiger partial charge is 0.383 e. The molecule has 0 aromatic heterocycles. The van der Waals surface area contributed by atoms with Crippen LogP contribution in [0.4, 0.5) is 14.9 Å². The summed E-state index contributed by atoms with van der Waals surface area (Å²) in [5, 5.41) is 5.43. The van der Waals surface area contributed by atoms with Gasteiger partial charge in [0.25, 0.3) is 5.91 Å². The highest BCUT2D eigenvalue weighted by Gasteiger charge is 2.21. The van der Waals surface area contributed by atoms with E-state index in [2.05, 4.69) is 15.6 Å². The average Bonchev–Trinajstić information content (AvgIpc) is 3.44. The molecule has 6 nitrogen and oxygen atoms in total. The second-order valence-corrected chi connectivity index (χ2v) is 6.66. The topological polar surface area (TPSA) is 96.6 Å². The number of carbonyl (C=O) groups is 2. The minimum Gasteiger partial charge on any atom is -0.383 e. The zero-order chi connectivity index (χ0) is 19.4. The maximum absolute atomic E-state index is 13.8. The van der Waals surface area contributed by atoms with Crippen molar-refractivity contribution >= 4 is 35.1 Å². The molecule has 2 aromatic rings. The molecule has 0 unspecified atom stereocenters. The van der Waals surface area contributed by atoms with E-state index >= 15 is 0 Å². The highest BCUT2D eigenvalue weighted by Crippen LogP contribution is 2.27. The third-order valence-electron chi connectivity index (χ3n) is 4.09. The molecule has 0 bridgehead atoms. The van der Waals surface area contributed by atoms with Crippen molar-refractivity contribution in [2.45, 2.75) is 12.8 Å². The SMILES string of the molecule is N/C(=N\C(=O)Nc1ccc(C(=O)NCC2CC2)cc1)c1c(F)cccc1Cl. The molecule has 3 amide bonds. The van der Waals surface area contributed by atoms with E-state index in [1.54, 1.807) is 24.3 Å². The molecule has 0 atom stereocenters. The molecule has 3 rings (SSSR count). The standard InChI is InChI=1S/C19H18ClFN4O2/c20-14-2-1-3-15(21)16(14)17(22)25-19(27)24-13-8-6-12(7-9-13)18(26)23-10-11-4-5-11/h1-3,6-9,11H,4-5,10H2,(H,23,26)(H3,22,24,25,27). The number of anilines is 1. The van der Waals surface area contributed by atoms with Gasteiger partial charge in [0.1, 0.15) is 11.7 Å². The van der Waals surface area contributed by atoms with Crippen LogP contribution in [0.3, 0.4) is 0 Å². The molecule has 4 N–H and O–H groups in total. The molecule has 2 aromatic carbocycles.